The lowest BCUT2D eigenvalue weighted by molar-refractivity contribution is 0.0472. The second-order valence-electron chi connectivity index (χ2n) is 6.18. The Balaban J connectivity index is 1.85. The molecule has 0 bridgehead atoms. The molecule has 3 rings (SSSR count). The maximum Gasteiger partial charge on any atom is 0.254 e. The van der Waals surface area contributed by atoms with Crippen LogP contribution in [0.1, 0.15) is 41.6 Å². The van der Waals surface area contributed by atoms with Gasteiger partial charge in [0, 0.05) is 57.0 Å². The summed E-state index contributed by atoms with van der Waals surface area (Å²) in [4.78, 5) is 26.0. The van der Waals surface area contributed by atoms with Crippen molar-refractivity contribution in [3.8, 4) is 0 Å². The topological polar surface area (TPSA) is 54.3 Å². The van der Waals surface area contributed by atoms with Crippen LogP contribution in [0, 0.1) is 0 Å². The van der Waals surface area contributed by atoms with Crippen LogP contribution in [0.4, 0.5) is 0 Å². The molecule has 6 nitrogen and oxygen atoms in total. The molecule has 1 aliphatic heterocycles. The molecule has 2 aromatic rings. The molecular weight excluding hydrogens is 302 g/mol. The van der Waals surface area contributed by atoms with Crippen molar-refractivity contribution in [2.75, 3.05) is 26.2 Å². The minimum absolute atomic E-state index is 0.101. The molecule has 0 radical (unpaired) electrons. The Kier molecular flexibility index (Phi) is 4.94. The van der Waals surface area contributed by atoms with Crippen LogP contribution in [0.3, 0.4) is 0 Å². The molecule has 1 aliphatic rings. The number of amides is 1. The van der Waals surface area contributed by atoms with Gasteiger partial charge in [0.15, 0.2) is 0 Å². The van der Waals surface area contributed by atoms with Gasteiger partial charge in [-0.2, -0.15) is 0 Å². The van der Waals surface area contributed by atoms with Gasteiger partial charge in [-0.25, -0.2) is 4.98 Å². The molecule has 0 unspecified atom stereocenters. The van der Waals surface area contributed by atoms with E-state index in [1.165, 1.54) is 0 Å². The van der Waals surface area contributed by atoms with Crippen LogP contribution in [0.25, 0.3) is 0 Å². The summed E-state index contributed by atoms with van der Waals surface area (Å²) in [6.07, 6.45) is 8.09. The highest BCUT2D eigenvalue weighted by atomic mass is 16.2. The summed E-state index contributed by atoms with van der Waals surface area (Å²) < 4.78 is 2.05. The highest BCUT2D eigenvalue weighted by Crippen LogP contribution is 2.25. The van der Waals surface area contributed by atoms with E-state index in [2.05, 4.69) is 28.7 Å². The van der Waals surface area contributed by atoms with Crippen molar-refractivity contribution in [1.82, 2.24) is 24.3 Å². The molecule has 0 aliphatic carbocycles. The van der Waals surface area contributed by atoms with Crippen molar-refractivity contribution in [3.05, 3.63) is 47.8 Å². The molecule has 1 saturated heterocycles. The van der Waals surface area contributed by atoms with Crippen molar-refractivity contribution >= 4 is 5.91 Å². The largest absolute Gasteiger partial charge is 0.337 e. The molecular formula is C18H25N5O. The molecule has 2 aromatic heterocycles. The first-order valence-electron chi connectivity index (χ1n) is 8.59. The first-order chi connectivity index (χ1) is 11.7. The zero-order valence-electron chi connectivity index (χ0n) is 14.6. The van der Waals surface area contributed by atoms with E-state index in [-0.39, 0.29) is 11.9 Å². The number of imidazole rings is 1. The van der Waals surface area contributed by atoms with Gasteiger partial charge in [0.2, 0.25) is 0 Å². The summed E-state index contributed by atoms with van der Waals surface area (Å²) in [6.45, 7) is 7.45. The fraction of sp³-hybridized carbons (Fsp3) is 0.500. The third-order valence-corrected chi connectivity index (χ3v) is 4.86. The molecule has 128 valence electrons. The fourth-order valence-corrected chi connectivity index (χ4v) is 3.41. The molecule has 3 heterocycles. The minimum atomic E-state index is 0.101. The summed E-state index contributed by atoms with van der Waals surface area (Å²) in [5.41, 5.74) is 1.78. The second kappa shape index (κ2) is 7.13. The van der Waals surface area contributed by atoms with E-state index >= 15 is 0 Å². The standard InChI is InChI=1S/C18H25N5O/c1-4-14-12-19-7-6-15(14)18(24)23-11-10-22(5-2)16(13-23)17-20-8-9-21(17)3/h6-9,12,16H,4-5,10-11,13H2,1-3H3/t16-/m0/s1. The number of pyridine rings is 1. The summed E-state index contributed by atoms with van der Waals surface area (Å²) in [5, 5.41) is 0. The van der Waals surface area contributed by atoms with Gasteiger partial charge in [0.25, 0.3) is 5.91 Å². The van der Waals surface area contributed by atoms with Gasteiger partial charge in [-0.3, -0.25) is 14.7 Å². The van der Waals surface area contributed by atoms with Crippen molar-refractivity contribution in [2.24, 2.45) is 7.05 Å². The van der Waals surface area contributed by atoms with Crippen molar-refractivity contribution in [2.45, 2.75) is 26.3 Å². The normalized spacial score (nSPS) is 18.8. The van der Waals surface area contributed by atoms with Gasteiger partial charge in [0.05, 0.1) is 6.04 Å². The first-order valence-corrected chi connectivity index (χ1v) is 8.59. The van der Waals surface area contributed by atoms with E-state index in [1.807, 2.05) is 35.0 Å². The second-order valence-corrected chi connectivity index (χ2v) is 6.18. The van der Waals surface area contributed by atoms with Crippen molar-refractivity contribution in [1.29, 1.82) is 0 Å². The van der Waals surface area contributed by atoms with E-state index in [0.29, 0.717) is 6.54 Å². The van der Waals surface area contributed by atoms with E-state index in [1.54, 1.807) is 12.4 Å². The summed E-state index contributed by atoms with van der Waals surface area (Å²) in [6, 6.07) is 1.97. The molecule has 0 N–H and O–H groups in total. The number of aromatic nitrogens is 3. The summed E-state index contributed by atoms with van der Waals surface area (Å²) >= 11 is 0. The molecule has 0 spiro atoms. The number of carbonyl (C=O) groups excluding carboxylic acids is 1. The van der Waals surface area contributed by atoms with Crippen LogP contribution in [0.15, 0.2) is 30.9 Å². The van der Waals surface area contributed by atoms with Gasteiger partial charge < -0.3 is 9.47 Å². The van der Waals surface area contributed by atoms with E-state index < -0.39 is 0 Å². The minimum Gasteiger partial charge on any atom is -0.337 e. The monoisotopic (exact) mass is 327 g/mol. The predicted molar refractivity (Wildman–Crippen MR) is 92.7 cm³/mol. The van der Waals surface area contributed by atoms with Gasteiger partial charge >= 0.3 is 0 Å². The highest BCUT2D eigenvalue weighted by Gasteiger charge is 2.32. The van der Waals surface area contributed by atoms with Crippen LogP contribution < -0.4 is 0 Å². The molecule has 1 fully saturated rings. The van der Waals surface area contributed by atoms with E-state index in [9.17, 15) is 4.79 Å². The third-order valence-electron chi connectivity index (χ3n) is 4.86. The van der Waals surface area contributed by atoms with Gasteiger partial charge in [0.1, 0.15) is 5.82 Å². The number of piperazine rings is 1. The molecule has 1 atom stereocenters. The SMILES string of the molecule is CCc1cnccc1C(=O)N1CCN(CC)[C@H](c2nccn2C)C1. The van der Waals surface area contributed by atoms with E-state index in [4.69, 9.17) is 0 Å². The Morgan fingerprint density at radius 2 is 2.12 bits per heavy atom. The Bertz CT molecular complexity index is 711. The number of aryl methyl sites for hydroxylation is 2. The Labute approximate surface area is 143 Å². The first kappa shape index (κ1) is 16.6. The van der Waals surface area contributed by atoms with Crippen LogP contribution in [0.5, 0.6) is 0 Å². The fourth-order valence-electron chi connectivity index (χ4n) is 3.41. The Hall–Kier alpha value is -2.21. The van der Waals surface area contributed by atoms with Crippen molar-refractivity contribution in [3.63, 3.8) is 0 Å². The molecule has 0 aromatic carbocycles. The van der Waals surface area contributed by atoms with Crippen LogP contribution >= 0.6 is 0 Å². The quantitative estimate of drug-likeness (QED) is 0.861. The highest BCUT2D eigenvalue weighted by molar-refractivity contribution is 5.95. The van der Waals surface area contributed by atoms with Crippen LogP contribution in [-0.4, -0.2) is 56.4 Å². The molecule has 0 saturated carbocycles. The number of hydrogen-bond donors (Lipinski definition) is 0. The lowest BCUT2D eigenvalue weighted by atomic mass is 10.1. The predicted octanol–water partition coefficient (Wildman–Crippen LogP) is 1.90. The van der Waals surface area contributed by atoms with E-state index in [0.717, 1.165) is 43.0 Å². The lowest BCUT2D eigenvalue weighted by Crippen LogP contribution is -2.51. The number of carbonyl (C=O) groups is 1. The van der Waals surface area contributed by atoms with Crippen LogP contribution in [-0.2, 0) is 13.5 Å². The Morgan fingerprint density at radius 1 is 1.29 bits per heavy atom. The number of hydrogen-bond acceptors (Lipinski definition) is 4. The smallest absolute Gasteiger partial charge is 0.254 e. The lowest BCUT2D eigenvalue weighted by Gasteiger charge is -2.40. The Morgan fingerprint density at radius 3 is 2.79 bits per heavy atom. The molecule has 6 heteroatoms. The number of likely N-dealkylation sites (N-methyl/N-ethyl adjacent to an activating group) is 1. The third kappa shape index (κ3) is 3.06. The summed E-state index contributed by atoms with van der Waals surface area (Å²) in [7, 11) is 2.01. The van der Waals surface area contributed by atoms with Gasteiger partial charge in [-0.15, -0.1) is 0 Å². The van der Waals surface area contributed by atoms with Gasteiger partial charge in [-0.1, -0.05) is 13.8 Å². The zero-order valence-corrected chi connectivity index (χ0v) is 14.6. The van der Waals surface area contributed by atoms with Gasteiger partial charge in [-0.05, 0) is 24.6 Å². The average Bonchev–Trinajstić information content (AvgIpc) is 3.06. The van der Waals surface area contributed by atoms with Crippen LogP contribution in [0.2, 0.25) is 0 Å². The maximum absolute atomic E-state index is 13.0. The molecule has 1 amide bonds. The summed E-state index contributed by atoms with van der Waals surface area (Å²) in [5.74, 6) is 1.11. The van der Waals surface area contributed by atoms with Crippen molar-refractivity contribution < 1.29 is 4.79 Å². The number of nitrogens with zero attached hydrogens (tertiary/aromatic N) is 5. The molecule has 24 heavy (non-hydrogen) atoms. The maximum atomic E-state index is 13.0. The average molecular weight is 327 g/mol. The zero-order chi connectivity index (χ0) is 17.1. The number of rotatable bonds is 4.